The second-order valence-electron chi connectivity index (χ2n) is 8.91. The molecule has 0 radical (unpaired) electrons. The van der Waals surface area contributed by atoms with Gasteiger partial charge in [-0.15, -0.1) is 0 Å². The van der Waals surface area contributed by atoms with Gasteiger partial charge in [-0.25, -0.2) is 0 Å². The molecule has 0 amide bonds. The Labute approximate surface area is 175 Å². The number of carbonyl (C=O) groups excluding carboxylic acids is 2. The summed E-state index contributed by atoms with van der Waals surface area (Å²) >= 11 is 0. The maximum absolute atomic E-state index is 13.9. The van der Waals surface area contributed by atoms with Crippen molar-refractivity contribution in [1.29, 1.82) is 0 Å². The first-order valence-electron chi connectivity index (χ1n) is 10.5. The monoisotopic (exact) mass is 410 g/mol. The van der Waals surface area contributed by atoms with Gasteiger partial charge in [-0.05, 0) is 24.1 Å². The van der Waals surface area contributed by atoms with Crippen molar-refractivity contribution in [2.24, 2.45) is 16.3 Å². The van der Waals surface area contributed by atoms with E-state index in [1.54, 1.807) is 0 Å². The molecule has 2 unspecified atom stereocenters. The minimum absolute atomic E-state index is 0.0874. The predicted molar refractivity (Wildman–Crippen MR) is 110 cm³/mol. The van der Waals surface area contributed by atoms with Crippen molar-refractivity contribution in [3.05, 3.63) is 46.7 Å². The fourth-order valence-electron chi connectivity index (χ4n) is 6.74. The van der Waals surface area contributed by atoms with E-state index in [0.717, 1.165) is 22.5 Å². The number of quaternary nitrogens is 1. The number of aliphatic imine (C=N–C) groups is 1. The van der Waals surface area contributed by atoms with Gasteiger partial charge >= 0.3 is 11.9 Å². The second kappa shape index (κ2) is 6.25. The number of fused-ring (bicyclic) bond motifs is 2. The van der Waals surface area contributed by atoms with Crippen LogP contribution in [-0.2, 0) is 24.5 Å². The maximum Gasteiger partial charge on any atom is 0.317 e. The van der Waals surface area contributed by atoms with Crippen molar-refractivity contribution in [1.82, 2.24) is 0 Å². The quantitative estimate of drug-likeness (QED) is 0.331. The van der Waals surface area contributed by atoms with Crippen molar-refractivity contribution < 1.29 is 23.7 Å². The Morgan fingerprint density at radius 1 is 1.37 bits per heavy atom. The summed E-state index contributed by atoms with van der Waals surface area (Å²) in [5.41, 5.74) is 1.50. The van der Waals surface area contributed by atoms with Gasteiger partial charge in [-0.2, -0.15) is 0 Å². The lowest BCUT2D eigenvalue weighted by atomic mass is 9.43. The molecule has 30 heavy (non-hydrogen) atoms. The van der Waals surface area contributed by atoms with E-state index in [2.05, 4.69) is 0 Å². The van der Waals surface area contributed by atoms with Crippen molar-refractivity contribution in [2.45, 2.75) is 38.1 Å². The SMILES string of the molecule is C/C=C1/C[N+]2([O-])CC[C@]34C(=Nc5ccccc53)[C@@H]2C[C@@H]1C4(COC(C)=O)C(=O)OC. The summed E-state index contributed by atoms with van der Waals surface area (Å²) in [6.45, 7) is 3.89. The van der Waals surface area contributed by atoms with Crippen molar-refractivity contribution in [3.63, 3.8) is 0 Å². The van der Waals surface area contributed by atoms with Crippen molar-refractivity contribution in [2.75, 3.05) is 26.8 Å². The smallest absolute Gasteiger partial charge is 0.317 e. The van der Waals surface area contributed by atoms with Crippen LogP contribution in [0.1, 0.15) is 32.3 Å². The molecule has 3 fully saturated rings. The van der Waals surface area contributed by atoms with Gasteiger partial charge in [0.2, 0.25) is 0 Å². The number of methoxy groups -OCH3 is 1. The number of benzene rings is 1. The van der Waals surface area contributed by atoms with E-state index >= 15 is 0 Å². The first-order valence-corrected chi connectivity index (χ1v) is 10.5. The largest absolute Gasteiger partial charge is 0.632 e. The van der Waals surface area contributed by atoms with E-state index in [1.807, 2.05) is 37.3 Å². The fraction of sp³-hybridized carbons (Fsp3) is 0.522. The number of hydrogen-bond acceptors (Lipinski definition) is 6. The van der Waals surface area contributed by atoms with Crippen LogP contribution >= 0.6 is 0 Å². The van der Waals surface area contributed by atoms with E-state index in [0.29, 0.717) is 25.9 Å². The molecule has 1 saturated carbocycles. The van der Waals surface area contributed by atoms with E-state index in [4.69, 9.17) is 14.5 Å². The van der Waals surface area contributed by atoms with E-state index < -0.39 is 22.8 Å². The molecule has 0 spiro atoms. The van der Waals surface area contributed by atoms with Crippen LogP contribution in [0.2, 0.25) is 0 Å². The third kappa shape index (κ3) is 2.09. The van der Waals surface area contributed by atoms with Gasteiger partial charge in [0.1, 0.15) is 24.6 Å². The lowest BCUT2D eigenvalue weighted by Gasteiger charge is -2.68. The summed E-state index contributed by atoms with van der Waals surface area (Å²) in [5.74, 6) is -1.09. The highest BCUT2D eigenvalue weighted by molar-refractivity contribution is 6.10. The molecule has 0 N–H and O–H groups in total. The number of esters is 2. The molecular weight excluding hydrogens is 384 g/mol. The minimum Gasteiger partial charge on any atom is -0.632 e. The average molecular weight is 410 g/mol. The highest BCUT2D eigenvalue weighted by Gasteiger charge is 2.76. The Balaban J connectivity index is 1.85. The van der Waals surface area contributed by atoms with Crippen LogP contribution in [0.4, 0.5) is 5.69 Å². The molecule has 1 aromatic carbocycles. The molecule has 3 heterocycles. The van der Waals surface area contributed by atoms with Gasteiger partial charge in [0.25, 0.3) is 0 Å². The van der Waals surface area contributed by atoms with Crippen LogP contribution in [0.15, 0.2) is 40.9 Å². The first-order chi connectivity index (χ1) is 14.3. The number of hydrogen-bond donors (Lipinski definition) is 0. The molecule has 4 aliphatic rings. The standard InChI is InChI=1S/C23H26N2O5/c1-4-15-12-25(28)10-9-22-16-7-5-6-8-18(16)24-20(22)19(25)11-17(15)23(22,21(27)29-3)13-30-14(2)26/h4-8,17,19H,9-13H2,1-3H3/b15-4-/t17-,19-,22+,23?,25?/m0/s1. The van der Waals surface area contributed by atoms with Crippen LogP contribution in [0.25, 0.3) is 0 Å². The zero-order valence-corrected chi connectivity index (χ0v) is 17.5. The number of piperidine rings is 2. The van der Waals surface area contributed by atoms with Crippen LogP contribution in [-0.4, -0.2) is 55.1 Å². The molecule has 0 aromatic heterocycles. The fourth-order valence-corrected chi connectivity index (χ4v) is 6.74. The van der Waals surface area contributed by atoms with E-state index in [1.165, 1.54) is 14.0 Å². The first kappa shape index (κ1) is 19.5. The van der Waals surface area contributed by atoms with Crippen LogP contribution in [0, 0.1) is 16.5 Å². The van der Waals surface area contributed by atoms with Crippen LogP contribution < -0.4 is 0 Å². The minimum atomic E-state index is -1.15. The average Bonchev–Trinajstić information content (AvgIpc) is 3.09. The summed E-state index contributed by atoms with van der Waals surface area (Å²) in [5, 5.41) is 13.9. The maximum atomic E-state index is 13.9. The summed E-state index contributed by atoms with van der Waals surface area (Å²) in [6.07, 6.45) is 2.94. The highest BCUT2D eigenvalue weighted by Crippen LogP contribution is 2.67. The topological polar surface area (TPSA) is 88.0 Å². The number of para-hydroxylation sites is 1. The Hall–Kier alpha value is -2.51. The summed E-state index contributed by atoms with van der Waals surface area (Å²) in [7, 11) is 1.38. The number of carbonyl (C=O) groups is 2. The lowest BCUT2D eigenvalue weighted by molar-refractivity contribution is -0.901. The number of rotatable bonds is 3. The number of nitrogens with zero attached hydrogens (tertiary/aromatic N) is 2. The van der Waals surface area contributed by atoms with Gasteiger partial charge in [0.15, 0.2) is 0 Å². The Bertz CT molecular complexity index is 1020. The summed E-state index contributed by atoms with van der Waals surface area (Å²) in [4.78, 5) is 30.5. The molecule has 7 heteroatoms. The van der Waals surface area contributed by atoms with Gasteiger partial charge in [-0.1, -0.05) is 24.3 Å². The number of hydroxylamine groups is 3. The molecule has 3 bridgehead atoms. The third-order valence-electron chi connectivity index (χ3n) is 7.93. The summed E-state index contributed by atoms with van der Waals surface area (Å²) in [6, 6.07) is 7.49. The summed E-state index contributed by atoms with van der Waals surface area (Å²) < 4.78 is 10.7. The van der Waals surface area contributed by atoms with Crippen LogP contribution in [0.5, 0.6) is 0 Å². The van der Waals surface area contributed by atoms with Crippen LogP contribution in [0.3, 0.4) is 0 Å². The molecule has 158 valence electrons. The Morgan fingerprint density at radius 2 is 2.13 bits per heavy atom. The number of ether oxygens (including phenoxy) is 2. The molecule has 5 atom stereocenters. The van der Waals surface area contributed by atoms with Gasteiger partial charge in [-0.3, -0.25) is 14.6 Å². The zero-order valence-electron chi connectivity index (χ0n) is 17.5. The van der Waals surface area contributed by atoms with Gasteiger partial charge < -0.3 is 19.3 Å². The Morgan fingerprint density at radius 3 is 2.83 bits per heavy atom. The van der Waals surface area contributed by atoms with Gasteiger partial charge in [0, 0.05) is 25.7 Å². The van der Waals surface area contributed by atoms with E-state index in [-0.39, 0.29) is 23.2 Å². The van der Waals surface area contributed by atoms with E-state index in [9.17, 15) is 14.8 Å². The van der Waals surface area contributed by atoms with Crippen molar-refractivity contribution >= 4 is 23.3 Å². The predicted octanol–water partition coefficient (Wildman–Crippen LogP) is 2.80. The second-order valence-corrected chi connectivity index (χ2v) is 8.91. The lowest BCUT2D eigenvalue weighted by Crippen LogP contribution is -2.79. The molecule has 7 nitrogen and oxygen atoms in total. The molecule has 3 aliphatic heterocycles. The van der Waals surface area contributed by atoms with Crippen molar-refractivity contribution in [3.8, 4) is 0 Å². The Kier molecular flexibility index (Phi) is 4.05. The molecule has 1 aromatic rings. The highest BCUT2D eigenvalue weighted by atomic mass is 16.6. The molecule has 5 rings (SSSR count). The number of allylic oxidation sites excluding steroid dienone is 1. The molecule has 2 saturated heterocycles. The zero-order chi connectivity index (χ0) is 21.3. The third-order valence-corrected chi connectivity index (χ3v) is 7.93. The van der Waals surface area contributed by atoms with Gasteiger partial charge in [0.05, 0.1) is 30.5 Å². The molecule has 1 aliphatic carbocycles. The normalized spacial score (nSPS) is 39.2. The molecular formula is C23H26N2O5.